The van der Waals surface area contributed by atoms with Crippen LogP contribution in [-0.2, 0) is 0 Å². The lowest BCUT2D eigenvalue weighted by Crippen LogP contribution is -2.24. The highest BCUT2D eigenvalue weighted by Crippen LogP contribution is 2.21. The van der Waals surface area contributed by atoms with Crippen LogP contribution < -0.4 is 5.32 Å². The quantitative estimate of drug-likeness (QED) is 0.695. The number of benzene rings is 1. The van der Waals surface area contributed by atoms with Crippen LogP contribution in [0.4, 0.5) is 0 Å². The Kier molecular flexibility index (Phi) is 7.45. The highest BCUT2D eigenvalue weighted by Gasteiger charge is 2.11. The molecule has 1 N–H and O–H groups in total. The fourth-order valence-electron chi connectivity index (χ4n) is 2.15. The SMILES string of the molecule is CCCNC(CSCCC)c1cc(C)cc(C)c1. The minimum absolute atomic E-state index is 0.500. The van der Waals surface area contributed by atoms with E-state index < -0.39 is 0 Å². The summed E-state index contributed by atoms with van der Waals surface area (Å²) in [5.74, 6) is 2.44. The largest absolute Gasteiger partial charge is 0.309 e. The minimum atomic E-state index is 0.500. The number of rotatable bonds is 8. The summed E-state index contributed by atoms with van der Waals surface area (Å²) in [5.41, 5.74) is 4.19. The van der Waals surface area contributed by atoms with E-state index in [1.807, 2.05) is 0 Å². The molecule has 0 aromatic heterocycles. The van der Waals surface area contributed by atoms with Gasteiger partial charge < -0.3 is 5.32 Å². The van der Waals surface area contributed by atoms with Crippen molar-refractivity contribution in [1.82, 2.24) is 5.32 Å². The van der Waals surface area contributed by atoms with Crippen LogP contribution in [0.1, 0.15) is 49.4 Å². The number of hydrogen-bond donors (Lipinski definition) is 1. The first kappa shape index (κ1) is 15.6. The van der Waals surface area contributed by atoms with Crippen LogP contribution in [0.15, 0.2) is 18.2 Å². The van der Waals surface area contributed by atoms with E-state index in [0.29, 0.717) is 6.04 Å². The van der Waals surface area contributed by atoms with E-state index >= 15 is 0 Å². The van der Waals surface area contributed by atoms with E-state index in [1.54, 1.807) is 0 Å². The van der Waals surface area contributed by atoms with Crippen LogP contribution >= 0.6 is 11.8 Å². The zero-order chi connectivity index (χ0) is 13.4. The third kappa shape index (κ3) is 5.45. The van der Waals surface area contributed by atoms with Gasteiger partial charge in [-0.2, -0.15) is 11.8 Å². The smallest absolute Gasteiger partial charge is 0.0412 e. The molecule has 1 atom stereocenters. The second kappa shape index (κ2) is 8.60. The molecule has 0 aliphatic rings. The fourth-order valence-corrected chi connectivity index (χ4v) is 3.15. The lowest BCUT2D eigenvalue weighted by atomic mass is 10.0. The summed E-state index contributed by atoms with van der Waals surface area (Å²) in [5, 5.41) is 3.68. The van der Waals surface area contributed by atoms with Gasteiger partial charge in [0.1, 0.15) is 0 Å². The topological polar surface area (TPSA) is 12.0 Å². The van der Waals surface area contributed by atoms with Gasteiger partial charge in [0, 0.05) is 11.8 Å². The molecule has 1 aromatic carbocycles. The number of thioether (sulfide) groups is 1. The molecule has 1 nitrogen and oxygen atoms in total. The van der Waals surface area contributed by atoms with Crippen molar-refractivity contribution < 1.29 is 0 Å². The van der Waals surface area contributed by atoms with Crippen LogP contribution in [0.3, 0.4) is 0 Å². The molecule has 0 saturated carbocycles. The Balaban J connectivity index is 2.72. The summed E-state index contributed by atoms with van der Waals surface area (Å²) in [6.07, 6.45) is 2.46. The van der Waals surface area contributed by atoms with Gasteiger partial charge in [-0.3, -0.25) is 0 Å². The first-order valence-electron chi connectivity index (χ1n) is 7.06. The lowest BCUT2D eigenvalue weighted by Gasteiger charge is -2.20. The summed E-state index contributed by atoms with van der Waals surface area (Å²) >= 11 is 2.06. The van der Waals surface area contributed by atoms with Gasteiger partial charge in [0.05, 0.1) is 0 Å². The molecule has 1 aromatic rings. The first-order chi connectivity index (χ1) is 8.67. The van der Waals surface area contributed by atoms with Gasteiger partial charge in [-0.25, -0.2) is 0 Å². The van der Waals surface area contributed by atoms with E-state index in [9.17, 15) is 0 Å². The van der Waals surface area contributed by atoms with Crippen molar-refractivity contribution in [2.45, 2.75) is 46.6 Å². The Labute approximate surface area is 117 Å². The monoisotopic (exact) mass is 265 g/mol. The molecule has 1 rings (SSSR count). The van der Waals surface area contributed by atoms with Gasteiger partial charge >= 0.3 is 0 Å². The molecule has 0 heterocycles. The zero-order valence-corrected chi connectivity index (χ0v) is 13.1. The average Bonchev–Trinajstić information content (AvgIpc) is 2.32. The molecule has 0 spiro atoms. The summed E-state index contributed by atoms with van der Waals surface area (Å²) in [6, 6.07) is 7.40. The number of hydrogen-bond acceptors (Lipinski definition) is 2. The van der Waals surface area contributed by atoms with Crippen LogP contribution in [0, 0.1) is 13.8 Å². The molecule has 0 bridgehead atoms. The Morgan fingerprint density at radius 2 is 1.72 bits per heavy atom. The van der Waals surface area contributed by atoms with Crippen molar-refractivity contribution >= 4 is 11.8 Å². The van der Waals surface area contributed by atoms with Gasteiger partial charge in [-0.05, 0) is 44.6 Å². The van der Waals surface area contributed by atoms with E-state index in [4.69, 9.17) is 0 Å². The summed E-state index contributed by atoms with van der Waals surface area (Å²) in [7, 11) is 0. The predicted octanol–water partition coefficient (Wildman–Crippen LogP) is 4.49. The molecule has 102 valence electrons. The van der Waals surface area contributed by atoms with Gasteiger partial charge in [0.2, 0.25) is 0 Å². The highest BCUT2D eigenvalue weighted by molar-refractivity contribution is 7.99. The molecule has 0 amide bonds. The van der Waals surface area contributed by atoms with Gasteiger partial charge in [0.15, 0.2) is 0 Å². The van der Waals surface area contributed by atoms with Crippen molar-refractivity contribution in [2.24, 2.45) is 0 Å². The normalized spacial score (nSPS) is 12.7. The summed E-state index contributed by atoms with van der Waals surface area (Å²) < 4.78 is 0. The molecule has 0 radical (unpaired) electrons. The van der Waals surface area contributed by atoms with Crippen molar-refractivity contribution in [1.29, 1.82) is 0 Å². The standard InChI is InChI=1S/C16H27NS/c1-5-7-17-16(12-18-8-6-2)15-10-13(3)9-14(4)11-15/h9-11,16-17H,5-8,12H2,1-4H3. The molecule has 0 saturated heterocycles. The Morgan fingerprint density at radius 3 is 2.28 bits per heavy atom. The van der Waals surface area contributed by atoms with Gasteiger partial charge in [-0.15, -0.1) is 0 Å². The Bertz CT molecular complexity index is 329. The molecule has 1 unspecified atom stereocenters. The molecular weight excluding hydrogens is 238 g/mol. The Hall–Kier alpha value is -0.470. The maximum absolute atomic E-state index is 3.68. The van der Waals surface area contributed by atoms with Gasteiger partial charge in [-0.1, -0.05) is 43.2 Å². The second-order valence-electron chi connectivity index (χ2n) is 5.00. The van der Waals surface area contributed by atoms with Crippen LogP contribution in [0.2, 0.25) is 0 Å². The molecule has 2 heteroatoms. The number of nitrogens with one attached hydrogen (secondary N) is 1. The molecule has 0 aliphatic heterocycles. The number of aryl methyl sites for hydroxylation is 2. The highest BCUT2D eigenvalue weighted by atomic mass is 32.2. The maximum Gasteiger partial charge on any atom is 0.0412 e. The van der Waals surface area contributed by atoms with Crippen LogP contribution in [0.5, 0.6) is 0 Å². The lowest BCUT2D eigenvalue weighted by molar-refractivity contribution is 0.577. The molecule has 0 aliphatic carbocycles. The fraction of sp³-hybridized carbons (Fsp3) is 0.625. The van der Waals surface area contributed by atoms with Crippen LogP contribution in [0.25, 0.3) is 0 Å². The Morgan fingerprint density at radius 1 is 1.06 bits per heavy atom. The minimum Gasteiger partial charge on any atom is -0.309 e. The van der Waals surface area contributed by atoms with E-state index in [0.717, 1.165) is 6.54 Å². The van der Waals surface area contributed by atoms with Crippen molar-refractivity contribution in [3.63, 3.8) is 0 Å². The first-order valence-corrected chi connectivity index (χ1v) is 8.22. The van der Waals surface area contributed by atoms with E-state index in [2.05, 4.69) is 63.0 Å². The molecule has 18 heavy (non-hydrogen) atoms. The van der Waals surface area contributed by atoms with E-state index in [1.165, 1.54) is 41.0 Å². The van der Waals surface area contributed by atoms with Crippen LogP contribution in [-0.4, -0.2) is 18.1 Å². The summed E-state index contributed by atoms with van der Waals surface area (Å²) in [4.78, 5) is 0. The molecular formula is C16H27NS. The van der Waals surface area contributed by atoms with Crippen molar-refractivity contribution in [3.8, 4) is 0 Å². The van der Waals surface area contributed by atoms with Crippen molar-refractivity contribution in [3.05, 3.63) is 34.9 Å². The third-order valence-corrected chi connectivity index (χ3v) is 4.19. The van der Waals surface area contributed by atoms with Crippen molar-refractivity contribution in [2.75, 3.05) is 18.1 Å². The molecule has 0 fully saturated rings. The van der Waals surface area contributed by atoms with Gasteiger partial charge in [0.25, 0.3) is 0 Å². The van der Waals surface area contributed by atoms with E-state index in [-0.39, 0.29) is 0 Å². The predicted molar refractivity (Wildman–Crippen MR) is 84.6 cm³/mol. The average molecular weight is 265 g/mol. The maximum atomic E-state index is 3.68. The zero-order valence-electron chi connectivity index (χ0n) is 12.3. The second-order valence-corrected chi connectivity index (χ2v) is 6.15. The summed E-state index contributed by atoms with van der Waals surface area (Å²) in [6.45, 7) is 9.95. The third-order valence-electron chi connectivity index (χ3n) is 2.92.